The fourth-order valence-electron chi connectivity index (χ4n) is 3.77. The molecular formula is C20H22N6O. The van der Waals surface area contributed by atoms with E-state index in [0.717, 1.165) is 47.7 Å². The van der Waals surface area contributed by atoms with E-state index in [-0.39, 0.29) is 11.9 Å². The molecule has 7 heteroatoms. The van der Waals surface area contributed by atoms with Gasteiger partial charge in [-0.15, -0.1) is 0 Å². The molecule has 2 aromatic heterocycles. The Morgan fingerprint density at radius 1 is 1.22 bits per heavy atom. The van der Waals surface area contributed by atoms with Gasteiger partial charge in [0, 0.05) is 42.3 Å². The highest BCUT2D eigenvalue weighted by Crippen LogP contribution is 2.39. The summed E-state index contributed by atoms with van der Waals surface area (Å²) < 4.78 is 0. The van der Waals surface area contributed by atoms with Gasteiger partial charge in [0.1, 0.15) is 0 Å². The number of rotatable bonds is 5. The molecule has 1 saturated heterocycles. The van der Waals surface area contributed by atoms with Crippen molar-refractivity contribution in [3.63, 3.8) is 0 Å². The summed E-state index contributed by atoms with van der Waals surface area (Å²) >= 11 is 0. The number of hydrogen-bond donors (Lipinski definition) is 2. The molecule has 1 amide bonds. The molecule has 0 spiro atoms. The van der Waals surface area contributed by atoms with E-state index in [1.54, 1.807) is 0 Å². The minimum Gasteiger partial charge on any atom is -0.351 e. The molecular weight excluding hydrogens is 340 g/mol. The lowest BCUT2D eigenvalue weighted by Gasteiger charge is -2.17. The number of carbonyl (C=O) groups excluding carboxylic acids is 1. The van der Waals surface area contributed by atoms with E-state index < -0.39 is 0 Å². The van der Waals surface area contributed by atoms with Crippen LogP contribution in [0.3, 0.4) is 0 Å². The number of benzene rings is 1. The summed E-state index contributed by atoms with van der Waals surface area (Å²) in [4.78, 5) is 23.8. The van der Waals surface area contributed by atoms with Crippen molar-refractivity contribution in [3.8, 4) is 0 Å². The lowest BCUT2D eigenvalue weighted by molar-refractivity contribution is -0.121. The third-order valence-corrected chi connectivity index (χ3v) is 5.37. The van der Waals surface area contributed by atoms with Crippen molar-refractivity contribution in [3.05, 3.63) is 47.9 Å². The van der Waals surface area contributed by atoms with Gasteiger partial charge in [-0.3, -0.25) is 9.89 Å². The predicted octanol–water partition coefficient (Wildman–Crippen LogP) is 2.17. The fourth-order valence-corrected chi connectivity index (χ4v) is 3.77. The van der Waals surface area contributed by atoms with Crippen LogP contribution in [0.5, 0.6) is 0 Å². The Balaban J connectivity index is 1.20. The van der Waals surface area contributed by atoms with E-state index in [2.05, 4.69) is 25.4 Å². The molecule has 2 aliphatic rings. The smallest absolute Gasteiger partial charge is 0.226 e. The van der Waals surface area contributed by atoms with E-state index >= 15 is 0 Å². The van der Waals surface area contributed by atoms with Crippen molar-refractivity contribution in [1.29, 1.82) is 0 Å². The van der Waals surface area contributed by atoms with Gasteiger partial charge in [-0.25, -0.2) is 9.97 Å². The maximum atomic E-state index is 12.5. The Morgan fingerprint density at radius 2 is 2.11 bits per heavy atom. The molecule has 1 aliphatic carbocycles. The highest BCUT2D eigenvalue weighted by atomic mass is 16.1. The number of nitrogens with zero attached hydrogens (tertiary/aromatic N) is 4. The van der Waals surface area contributed by atoms with Gasteiger partial charge in [0.15, 0.2) is 0 Å². The molecule has 1 saturated carbocycles. The van der Waals surface area contributed by atoms with Crippen LogP contribution in [0.1, 0.15) is 36.6 Å². The molecule has 2 fully saturated rings. The standard InChI is InChI=1S/C20H22N6O/c27-19(11-18-15-3-1-2-4-17(15)24-25-18)22-14-8-10-26(12-14)20-21-9-7-16(23-20)13-5-6-13/h1-4,7,9,13-14H,5-6,8,10-12H2,(H,22,27)(H,24,25). The summed E-state index contributed by atoms with van der Waals surface area (Å²) in [6.07, 6.45) is 5.54. The maximum Gasteiger partial charge on any atom is 0.226 e. The zero-order chi connectivity index (χ0) is 18.2. The molecule has 1 unspecified atom stereocenters. The summed E-state index contributed by atoms with van der Waals surface area (Å²) in [5, 5.41) is 11.4. The summed E-state index contributed by atoms with van der Waals surface area (Å²) in [6.45, 7) is 1.62. The molecule has 0 radical (unpaired) electrons. The van der Waals surface area contributed by atoms with E-state index in [9.17, 15) is 4.79 Å². The number of para-hydroxylation sites is 1. The number of anilines is 1. The van der Waals surface area contributed by atoms with Gasteiger partial charge in [-0.05, 0) is 31.4 Å². The molecule has 7 nitrogen and oxygen atoms in total. The topological polar surface area (TPSA) is 86.8 Å². The van der Waals surface area contributed by atoms with Gasteiger partial charge >= 0.3 is 0 Å². The van der Waals surface area contributed by atoms with Crippen LogP contribution in [0, 0.1) is 0 Å². The van der Waals surface area contributed by atoms with Crippen LogP contribution in [-0.4, -0.2) is 45.2 Å². The zero-order valence-corrected chi connectivity index (χ0v) is 15.1. The number of nitrogens with one attached hydrogen (secondary N) is 2. The summed E-state index contributed by atoms with van der Waals surface area (Å²) in [5.74, 6) is 1.42. The Hall–Kier alpha value is -2.96. The van der Waals surface area contributed by atoms with Crippen LogP contribution in [-0.2, 0) is 11.2 Å². The van der Waals surface area contributed by atoms with Crippen LogP contribution < -0.4 is 10.2 Å². The Labute approximate surface area is 157 Å². The molecule has 138 valence electrons. The van der Waals surface area contributed by atoms with Crippen molar-refractivity contribution in [1.82, 2.24) is 25.5 Å². The molecule has 1 aliphatic heterocycles. The van der Waals surface area contributed by atoms with Crippen LogP contribution in [0.25, 0.3) is 10.9 Å². The van der Waals surface area contributed by atoms with Gasteiger partial charge < -0.3 is 10.2 Å². The summed E-state index contributed by atoms with van der Waals surface area (Å²) in [6, 6.07) is 9.98. The monoisotopic (exact) mass is 362 g/mol. The number of hydrogen-bond acceptors (Lipinski definition) is 5. The lowest BCUT2D eigenvalue weighted by atomic mass is 10.1. The van der Waals surface area contributed by atoms with Crippen molar-refractivity contribution in [2.24, 2.45) is 0 Å². The SMILES string of the molecule is O=C(Cc1[nH]nc2ccccc12)NC1CCN(c2nccc(C3CC3)n2)C1. The number of fused-ring (bicyclic) bond motifs is 1. The number of amides is 1. The minimum absolute atomic E-state index is 0.0175. The molecule has 3 heterocycles. The van der Waals surface area contributed by atoms with Crippen LogP contribution in [0.4, 0.5) is 5.95 Å². The van der Waals surface area contributed by atoms with E-state index in [1.165, 1.54) is 12.8 Å². The second-order valence-electron chi connectivity index (χ2n) is 7.45. The van der Waals surface area contributed by atoms with Crippen LogP contribution in [0.15, 0.2) is 36.5 Å². The molecule has 1 aromatic carbocycles. The minimum atomic E-state index is 0.0175. The van der Waals surface area contributed by atoms with Gasteiger partial charge in [0.25, 0.3) is 0 Å². The van der Waals surface area contributed by atoms with Gasteiger partial charge in [-0.2, -0.15) is 5.10 Å². The summed E-state index contributed by atoms with van der Waals surface area (Å²) in [5.41, 5.74) is 2.90. The molecule has 27 heavy (non-hydrogen) atoms. The third-order valence-electron chi connectivity index (χ3n) is 5.37. The number of aromatic amines is 1. The normalized spacial score (nSPS) is 19.6. The first-order valence-electron chi connectivity index (χ1n) is 9.55. The maximum absolute atomic E-state index is 12.5. The van der Waals surface area contributed by atoms with E-state index in [1.807, 2.05) is 36.5 Å². The first-order chi connectivity index (χ1) is 13.3. The van der Waals surface area contributed by atoms with Crippen molar-refractivity contribution >= 4 is 22.8 Å². The average Bonchev–Trinajstić information content (AvgIpc) is 3.32. The lowest BCUT2D eigenvalue weighted by Crippen LogP contribution is -2.38. The zero-order valence-electron chi connectivity index (χ0n) is 15.1. The number of aromatic nitrogens is 4. The van der Waals surface area contributed by atoms with Gasteiger partial charge in [0.05, 0.1) is 17.6 Å². The average molecular weight is 362 g/mol. The van der Waals surface area contributed by atoms with Crippen molar-refractivity contribution < 1.29 is 4.79 Å². The van der Waals surface area contributed by atoms with Gasteiger partial charge in [0.2, 0.25) is 11.9 Å². The summed E-state index contributed by atoms with van der Waals surface area (Å²) in [7, 11) is 0. The first-order valence-corrected chi connectivity index (χ1v) is 9.55. The van der Waals surface area contributed by atoms with E-state index in [4.69, 9.17) is 4.98 Å². The molecule has 2 N–H and O–H groups in total. The highest BCUT2D eigenvalue weighted by molar-refractivity contribution is 5.87. The van der Waals surface area contributed by atoms with Crippen molar-refractivity contribution in [2.45, 2.75) is 37.6 Å². The fraction of sp³-hybridized carbons (Fsp3) is 0.400. The third kappa shape index (κ3) is 3.37. The Morgan fingerprint density at radius 3 is 3.00 bits per heavy atom. The Bertz CT molecular complexity index is 979. The quantitative estimate of drug-likeness (QED) is 0.726. The molecule has 1 atom stereocenters. The largest absolute Gasteiger partial charge is 0.351 e. The molecule has 5 rings (SSSR count). The number of H-pyrrole nitrogens is 1. The van der Waals surface area contributed by atoms with Crippen molar-refractivity contribution in [2.75, 3.05) is 18.0 Å². The molecule has 3 aromatic rings. The Kier molecular flexibility index (Phi) is 3.99. The van der Waals surface area contributed by atoms with Gasteiger partial charge in [-0.1, -0.05) is 18.2 Å². The first kappa shape index (κ1) is 16.2. The molecule has 0 bridgehead atoms. The van der Waals surface area contributed by atoms with E-state index in [0.29, 0.717) is 12.3 Å². The predicted molar refractivity (Wildman–Crippen MR) is 103 cm³/mol. The highest BCUT2D eigenvalue weighted by Gasteiger charge is 2.29. The number of carbonyl (C=O) groups is 1. The van der Waals surface area contributed by atoms with Crippen LogP contribution >= 0.6 is 0 Å². The van der Waals surface area contributed by atoms with Crippen LogP contribution in [0.2, 0.25) is 0 Å². The second kappa shape index (κ2) is 6.64. The second-order valence-corrected chi connectivity index (χ2v) is 7.45.